The highest BCUT2D eigenvalue weighted by molar-refractivity contribution is 5.72. The lowest BCUT2D eigenvalue weighted by Gasteiger charge is -2.26. The molecule has 1 aliphatic rings. The molecule has 2 aromatic heterocycles. The van der Waals surface area contributed by atoms with Crippen LogP contribution < -0.4 is 5.32 Å². The summed E-state index contributed by atoms with van der Waals surface area (Å²) in [5, 5.41) is 11.4. The third-order valence-electron chi connectivity index (χ3n) is 5.69. The molecule has 174 valence electrons. The summed E-state index contributed by atoms with van der Waals surface area (Å²) in [5.74, 6) is -0.387. The molecule has 0 bridgehead atoms. The number of carbonyl (C=O) groups is 1. The summed E-state index contributed by atoms with van der Waals surface area (Å²) >= 11 is 0. The number of benzene rings is 1. The van der Waals surface area contributed by atoms with Gasteiger partial charge in [-0.1, -0.05) is 5.21 Å². The van der Waals surface area contributed by atoms with Crippen molar-refractivity contribution in [1.29, 1.82) is 0 Å². The zero-order chi connectivity index (χ0) is 23.6. The summed E-state index contributed by atoms with van der Waals surface area (Å²) in [6.45, 7) is 1.88. The van der Waals surface area contributed by atoms with Gasteiger partial charge >= 0.3 is 12.1 Å². The van der Waals surface area contributed by atoms with Gasteiger partial charge in [-0.2, -0.15) is 13.2 Å². The van der Waals surface area contributed by atoms with E-state index in [1.165, 1.54) is 7.11 Å². The molecule has 0 spiro atoms. The maximum Gasteiger partial charge on any atom is 0.433 e. The zero-order valence-corrected chi connectivity index (χ0v) is 18.1. The first-order valence-electron chi connectivity index (χ1n) is 10.5. The number of anilines is 2. The number of hydrogen-bond acceptors (Lipinski definition) is 7. The maximum absolute atomic E-state index is 12.9. The van der Waals surface area contributed by atoms with Crippen LogP contribution in [0.4, 0.5) is 24.8 Å². The molecule has 2 heterocycles. The van der Waals surface area contributed by atoms with Crippen molar-refractivity contribution in [2.45, 2.75) is 44.8 Å². The number of carbonyl (C=O) groups excluding carboxylic acids is 1. The van der Waals surface area contributed by atoms with Gasteiger partial charge in [-0.15, -0.1) is 5.10 Å². The van der Waals surface area contributed by atoms with Crippen molar-refractivity contribution >= 4 is 17.6 Å². The standard InChI is InChI=1S/C22H23F3N6O2/c1-13-9-15(11-16(10-13)27-21-26-8-7-19(28-21)22(23,24)25)18-12-31(30-29-18)17-5-3-14(4-6-17)20(32)33-2/h7-12,14,17H,3-6H2,1-2H3,(H,26,27,28). The van der Waals surface area contributed by atoms with Crippen LogP contribution in [-0.2, 0) is 15.7 Å². The minimum atomic E-state index is -4.55. The van der Waals surface area contributed by atoms with E-state index >= 15 is 0 Å². The number of hydrogen-bond donors (Lipinski definition) is 1. The molecule has 33 heavy (non-hydrogen) atoms. The Morgan fingerprint density at radius 2 is 1.94 bits per heavy atom. The Morgan fingerprint density at radius 1 is 1.18 bits per heavy atom. The molecule has 0 saturated heterocycles. The summed E-state index contributed by atoms with van der Waals surface area (Å²) in [4.78, 5) is 19.2. The SMILES string of the molecule is COC(=O)C1CCC(n2cc(-c3cc(C)cc(Nc4nccc(C(F)(F)F)n4)c3)nn2)CC1. The summed E-state index contributed by atoms with van der Waals surface area (Å²) in [6.07, 6.45) is 1.44. The topological polar surface area (TPSA) is 94.8 Å². The number of ether oxygens (including phenoxy) is 1. The Morgan fingerprint density at radius 3 is 2.64 bits per heavy atom. The minimum Gasteiger partial charge on any atom is -0.469 e. The highest BCUT2D eigenvalue weighted by Gasteiger charge is 2.33. The molecule has 1 aliphatic carbocycles. The Bertz CT molecular complexity index is 1140. The van der Waals surface area contributed by atoms with Crippen LogP contribution in [0.25, 0.3) is 11.3 Å². The molecule has 0 radical (unpaired) electrons. The fourth-order valence-electron chi connectivity index (χ4n) is 4.04. The second-order valence-electron chi connectivity index (χ2n) is 8.09. The van der Waals surface area contributed by atoms with Crippen LogP contribution in [0.3, 0.4) is 0 Å². The monoisotopic (exact) mass is 460 g/mol. The molecule has 0 unspecified atom stereocenters. The van der Waals surface area contributed by atoms with Crippen molar-refractivity contribution < 1.29 is 22.7 Å². The normalized spacial score (nSPS) is 18.7. The van der Waals surface area contributed by atoms with Gasteiger partial charge in [-0.3, -0.25) is 4.79 Å². The van der Waals surface area contributed by atoms with Gasteiger partial charge < -0.3 is 10.1 Å². The first-order chi connectivity index (χ1) is 15.7. The molecule has 0 amide bonds. The summed E-state index contributed by atoms with van der Waals surface area (Å²) in [6, 6.07) is 6.43. The fraction of sp³-hybridized carbons (Fsp3) is 0.409. The van der Waals surface area contributed by atoms with E-state index in [4.69, 9.17) is 4.74 Å². The number of rotatable bonds is 5. The number of aryl methyl sites for hydroxylation is 1. The number of halogens is 3. The summed E-state index contributed by atoms with van der Waals surface area (Å²) in [5.41, 5.74) is 1.81. The largest absolute Gasteiger partial charge is 0.469 e. The highest BCUT2D eigenvalue weighted by Crippen LogP contribution is 2.33. The molecule has 1 saturated carbocycles. The van der Waals surface area contributed by atoms with E-state index in [-0.39, 0.29) is 23.9 Å². The summed E-state index contributed by atoms with van der Waals surface area (Å²) < 4.78 is 45.4. The molecule has 8 nitrogen and oxygen atoms in total. The van der Waals surface area contributed by atoms with E-state index in [0.29, 0.717) is 11.4 Å². The van der Waals surface area contributed by atoms with E-state index in [9.17, 15) is 18.0 Å². The predicted octanol–water partition coefficient (Wildman–Crippen LogP) is 4.71. The third-order valence-corrected chi connectivity index (χ3v) is 5.69. The molecule has 1 N–H and O–H groups in total. The molecule has 1 fully saturated rings. The van der Waals surface area contributed by atoms with E-state index < -0.39 is 11.9 Å². The molecular weight excluding hydrogens is 437 g/mol. The van der Waals surface area contributed by atoms with Crippen molar-refractivity contribution in [3.05, 3.63) is 47.9 Å². The van der Waals surface area contributed by atoms with Crippen molar-refractivity contribution in [3.8, 4) is 11.3 Å². The molecular formula is C22H23F3N6O2. The Labute approximate surface area is 188 Å². The number of nitrogens with zero attached hydrogens (tertiary/aromatic N) is 5. The quantitative estimate of drug-likeness (QED) is 0.551. The molecule has 11 heteroatoms. The third kappa shape index (κ3) is 5.29. The first kappa shape index (κ1) is 22.7. The molecule has 1 aromatic carbocycles. The maximum atomic E-state index is 12.9. The molecule has 0 atom stereocenters. The number of alkyl halides is 3. The number of methoxy groups -OCH3 is 1. The van der Waals surface area contributed by atoms with E-state index in [1.807, 2.05) is 23.9 Å². The predicted molar refractivity (Wildman–Crippen MR) is 114 cm³/mol. The highest BCUT2D eigenvalue weighted by atomic mass is 19.4. The van der Waals surface area contributed by atoms with Gasteiger partial charge in [0.1, 0.15) is 11.4 Å². The smallest absolute Gasteiger partial charge is 0.433 e. The summed E-state index contributed by atoms with van der Waals surface area (Å²) in [7, 11) is 1.40. The molecule has 4 rings (SSSR count). The van der Waals surface area contributed by atoms with Gasteiger partial charge in [0.2, 0.25) is 5.95 Å². The van der Waals surface area contributed by atoms with Crippen molar-refractivity contribution in [3.63, 3.8) is 0 Å². The van der Waals surface area contributed by atoms with Crippen molar-refractivity contribution in [1.82, 2.24) is 25.0 Å². The van der Waals surface area contributed by atoms with Gasteiger partial charge in [0.15, 0.2) is 0 Å². The van der Waals surface area contributed by atoms with Crippen LogP contribution in [0.2, 0.25) is 0 Å². The van der Waals surface area contributed by atoms with Gasteiger partial charge in [-0.25, -0.2) is 14.6 Å². The number of esters is 1. The Hall–Kier alpha value is -3.50. The first-order valence-corrected chi connectivity index (χ1v) is 10.5. The molecule has 3 aromatic rings. The van der Waals surface area contributed by atoms with E-state index in [2.05, 4.69) is 25.6 Å². The van der Waals surface area contributed by atoms with Gasteiger partial charge in [0.25, 0.3) is 0 Å². The van der Waals surface area contributed by atoms with Crippen LogP contribution in [-0.4, -0.2) is 38.0 Å². The van der Waals surface area contributed by atoms with Crippen LogP contribution in [0, 0.1) is 12.8 Å². The van der Waals surface area contributed by atoms with Crippen LogP contribution in [0.1, 0.15) is 43.0 Å². The van der Waals surface area contributed by atoms with Gasteiger partial charge in [0, 0.05) is 17.4 Å². The van der Waals surface area contributed by atoms with Crippen LogP contribution in [0.5, 0.6) is 0 Å². The van der Waals surface area contributed by atoms with Crippen molar-refractivity contribution in [2.75, 3.05) is 12.4 Å². The van der Waals surface area contributed by atoms with Crippen LogP contribution in [0.15, 0.2) is 36.7 Å². The second-order valence-corrected chi connectivity index (χ2v) is 8.09. The Balaban J connectivity index is 1.50. The van der Waals surface area contributed by atoms with Gasteiger partial charge in [0.05, 0.1) is 25.3 Å². The van der Waals surface area contributed by atoms with E-state index in [0.717, 1.165) is 49.1 Å². The lowest BCUT2D eigenvalue weighted by atomic mass is 9.86. The fourth-order valence-corrected chi connectivity index (χ4v) is 4.04. The van der Waals surface area contributed by atoms with E-state index in [1.54, 1.807) is 12.1 Å². The molecule has 0 aliphatic heterocycles. The number of aromatic nitrogens is 5. The Kier molecular flexibility index (Phi) is 6.30. The van der Waals surface area contributed by atoms with Gasteiger partial charge in [-0.05, 0) is 62.4 Å². The zero-order valence-electron chi connectivity index (χ0n) is 18.1. The average Bonchev–Trinajstić information content (AvgIpc) is 3.28. The lowest BCUT2D eigenvalue weighted by molar-refractivity contribution is -0.146. The van der Waals surface area contributed by atoms with Crippen LogP contribution >= 0.6 is 0 Å². The second kappa shape index (κ2) is 9.16. The minimum absolute atomic E-state index is 0.0716. The number of nitrogens with one attached hydrogen (secondary N) is 1. The van der Waals surface area contributed by atoms with Crippen molar-refractivity contribution in [2.24, 2.45) is 5.92 Å². The average molecular weight is 460 g/mol. The lowest BCUT2D eigenvalue weighted by Crippen LogP contribution is -2.24.